The van der Waals surface area contributed by atoms with Crippen molar-refractivity contribution >= 4 is 118 Å². The number of phenolic OH excluding ortho intramolecular Hbond substituents is 2. The molecule has 2 N–H and O–H groups in total. The molecule has 0 aliphatic heterocycles. The number of phenols is 2. The lowest BCUT2D eigenvalue weighted by Gasteiger charge is -2.15. The summed E-state index contributed by atoms with van der Waals surface area (Å²) in [6, 6.07) is 34.7. The highest BCUT2D eigenvalue weighted by Crippen LogP contribution is 2.42. The number of hydrogen-bond acceptors (Lipinski definition) is 4. The fraction of sp³-hybridized carbons (Fsp3) is 0.0638. The van der Waals surface area contributed by atoms with Crippen LogP contribution in [0.25, 0.3) is 66.1 Å². The minimum absolute atomic E-state index is 0.113. The standard InChI is InChI=1S/C24H17ClF2O2.C22H13ClF2O2.CH2Cl2.BBr3/c1-28-23-11-15-12-24(29-2)20(18-8-7-16(25)13-22(18)27)10-14(15)9-19(23)17-5-3-4-6-21(17)26;23-14-5-6-16(20(25)11-14)18-8-12-7-17(15-3-1-2-4-19(15)24)21(26)9-13(12)10-22(18)27;2-1-3;2-1(3)4/h3-13H,1-2H3;1-11,26-27H;1H2;. The molecule has 324 valence electrons. The summed E-state index contributed by atoms with van der Waals surface area (Å²) in [5.74, 6) is -1.02. The summed E-state index contributed by atoms with van der Waals surface area (Å²) in [6.45, 7) is 0. The molecular weight excluding hydrogens is 1100 g/mol. The summed E-state index contributed by atoms with van der Waals surface area (Å²) in [4.78, 5) is 0. The zero-order valence-corrected chi connectivity index (χ0v) is 40.6. The van der Waals surface area contributed by atoms with Crippen LogP contribution in [0.2, 0.25) is 10.0 Å². The van der Waals surface area contributed by atoms with Gasteiger partial charge in [0.05, 0.1) is 19.6 Å². The zero-order chi connectivity index (χ0) is 46.0. The normalized spacial score (nSPS) is 10.5. The van der Waals surface area contributed by atoms with Crippen LogP contribution in [0.5, 0.6) is 23.0 Å². The Morgan fingerprint density at radius 2 is 0.746 bits per heavy atom. The molecule has 0 saturated heterocycles. The summed E-state index contributed by atoms with van der Waals surface area (Å²) >= 11 is 30.5. The number of benzene rings is 8. The van der Waals surface area contributed by atoms with Gasteiger partial charge in [0.25, 0.3) is 0 Å². The van der Waals surface area contributed by atoms with E-state index in [2.05, 4.69) is 47.3 Å². The van der Waals surface area contributed by atoms with Crippen LogP contribution in [-0.2, 0) is 0 Å². The molecule has 63 heavy (non-hydrogen) atoms. The van der Waals surface area contributed by atoms with Gasteiger partial charge in [-0.1, -0.05) is 59.6 Å². The van der Waals surface area contributed by atoms with E-state index in [0.29, 0.717) is 55.1 Å². The van der Waals surface area contributed by atoms with Crippen LogP contribution in [0.3, 0.4) is 0 Å². The number of fused-ring (bicyclic) bond motifs is 2. The number of ether oxygens (including phenoxy) is 2. The molecule has 0 aromatic heterocycles. The summed E-state index contributed by atoms with van der Waals surface area (Å²) in [5.41, 5.74) is 3.04. The molecule has 0 amide bonds. The number of aromatic hydroxyl groups is 2. The van der Waals surface area contributed by atoms with E-state index in [0.717, 1.165) is 10.8 Å². The number of rotatable bonds is 6. The maximum atomic E-state index is 14.6. The predicted octanol–water partition coefficient (Wildman–Crippen LogP) is 17.2. The van der Waals surface area contributed by atoms with E-state index in [-0.39, 0.29) is 47.6 Å². The molecule has 0 spiro atoms. The molecule has 8 aromatic rings. The molecule has 4 nitrogen and oxygen atoms in total. The highest BCUT2D eigenvalue weighted by Gasteiger charge is 2.18. The molecular formula is C47H32BBr3Cl4F4O4. The lowest BCUT2D eigenvalue weighted by atomic mass is 9.95. The average Bonchev–Trinajstić information content (AvgIpc) is 3.23. The van der Waals surface area contributed by atoms with Crippen molar-refractivity contribution in [3.63, 3.8) is 0 Å². The molecule has 0 aliphatic carbocycles. The van der Waals surface area contributed by atoms with E-state index in [9.17, 15) is 27.8 Å². The summed E-state index contributed by atoms with van der Waals surface area (Å²) in [7, 11) is 3.07. The Balaban J connectivity index is 0.000000208. The van der Waals surface area contributed by atoms with Gasteiger partial charge in [0.2, 0.25) is 0 Å². The largest absolute Gasteiger partial charge is 0.507 e. The lowest BCUT2D eigenvalue weighted by Crippen LogP contribution is -1.94. The number of hydrogen-bond donors (Lipinski definition) is 2. The van der Waals surface area contributed by atoms with E-state index in [1.54, 1.807) is 67.8 Å². The molecule has 0 atom stereocenters. The minimum Gasteiger partial charge on any atom is -0.507 e. The van der Waals surface area contributed by atoms with E-state index in [4.69, 9.17) is 55.9 Å². The first kappa shape index (κ1) is 49.9. The van der Waals surface area contributed by atoms with Gasteiger partial charge in [0, 0.05) is 54.6 Å². The Morgan fingerprint density at radius 1 is 0.444 bits per heavy atom. The summed E-state index contributed by atoms with van der Waals surface area (Å²) in [5, 5.41) is 24.2. The monoisotopic (exact) mass is 1120 g/mol. The fourth-order valence-electron chi connectivity index (χ4n) is 6.60. The Bertz CT molecular complexity index is 2890. The van der Waals surface area contributed by atoms with Crippen molar-refractivity contribution in [2.45, 2.75) is 0 Å². The Kier molecular flexibility index (Phi) is 18.3. The lowest BCUT2D eigenvalue weighted by molar-refractivity contribution is 0.415. The highest BCUT2D eigenvalue weighted by atomic mass is 79.9. The molecule has 0 bridgehead atoms. The van der Waals surface area contributed by atoms with Crippen molar-refractivity contribution in [1.82, 2.24) is 0 Å². The molecule has 16 heteroatoms. The fourth-order valence-corrected chi connectivity index (χ4v) is 6.92. The minimum atomic E-state index is -0.565. The zero-order valence-electron chi connectivity index (χ0n) is 32.9. The molecule has 0 aliphatic rings. The second kappa shape index (κ2) is 23.2. The van der Waals surface area contributed by atoms with Gasteiger partial charge in [0.15, 0.2) is 0 Å². The quantitative estimate of drug-likeness (QED) is 0.0990. The van der Waals surface area contributed by atoms with Gasteiger partial charge < -0.3 is 19.7 Å². The van der Waals surface area contributed by atoms with Crippen molar-refractivity contribution < 1.29 is 37.2 Å². The first-order valence-corrected chi connectivity index (χ1v) is 22.8. The van der Waals surface area contributed by atoms with Crippen LogP contribution in [0.4, 0.5) is 17.6 Å². The molecule has 0 radical (unpaired) electrons. The molecule has 0 saturated carbocycles. The van der Waals surface area contributed by atoms with E-state index in [1.807, 2.05) is 24.3 Å². The first-order chi connectivity index (χ1) is 30.1. The van der Waals surface area contributed by atoms with Crippen molar-refractivity contribution in [2.24, 2.45) is 0 Å². The molecule has 8 aromatic carbocycles. The third-order valence-corrected chi connectivity index (χ3v) is 9.79. The highest BCUT2D eigenvalue weighted by molar-refractivity contribution is 9.69. The van der Waals surface area contributed by atoms with E-state index >= 15 is 0 Å². The van der Waals surface area contributed by atoms with Crippen molar-refractivity contribution in [3.8, 4) is 67.5 Å². The van der Waals surface area contributed by atoms with E-state index in [1.165, 1.54) is 55.6 Å². The van der Waals surface area contributed by atoms with Crippen molar-refractivity contribution in [3.05, 3.63) is 167 Å². The van der Waals surface area contributed by atoms with Crippen molar-refractivity contribution in [2.75, 3.05) is 19.6 Å². The van der Waals surface area contributed by atoms with Crippen molar-refractivity contribution in [1.29, 1.82) is 0 Å². The van der Waals surface area contributed by atoms with Gasteiger partial charge in [-0.25, -0.2) is 17.6 Å². The third kappa shape index (κ3) is 12.6. The van der Waals surface area contributed by atoms with Gasteiger partial charge in [-0.2, -0.15) is 0 Å². The SMILES string of the molecule is BrB(Br)Br.COc1cc2cc(OC)c(-c3ccc(Cl)cc3F)cc2cc1-c1ccccc1F.ClCCl.Oc1cc2cc(O)c(-c3ccc(Cl)cc3F)cc2cc1-c1ccccc1F. The Hall–Kier alpha value is -4.14. The van der Waals surface area contributed by atoms with Gasteiger partial charge in [0.1, 0.15) is 46.3 Å². The molecule has 0 heterocycles. The number of alkyl halides is 2. The van der Waals surface area contributed by atoms with Gasteiger partial charge in [-0.05, 0) is 119 Å². The van der Waals surface area contributed by atoms with Gasteiger partial charge in [-0.15, -0.1) is 70.5 Å². The van der Waals surface area contributed by atoms with Crippen LogP contribution in [0.15, 0.2) is 133 Å². The average molecular weight is 1130 g/mol. The van der Waals surface area contributed by atoms with E-state index < -0.39 is 17.5 Å². The van der Waals surface area contributed by atoms with Crippen LogP contribution in [0, 0.1) is 23.3 Å². The third-order valence-electron chi connectivity index (χ3n) is 9.32. The maximum absolute atomic E-state index is 14.6. The van der Waals surface area contributed by atoms with Gasteiger partial charge >= 0.3 is 3.18 Å². The Labute approximate surface area is 406 Å². The molecule has 8 rings (SSSR count). The topological polar surface area (TPSA) is 58.9 Å². The maximum Gasteiger partial charge on any atom is 0.369 e. The summed E-state index contributed by atoms with van der Waals surface area (Å²) in [6.07, 6.45) is 0. The molecule has 0 fully saturated rings. The summed E-state index contributed by atoms with van der Waals surface area (Å²) < 4.78 is 68.7. The molecule has 0 unspecified atom stereocenters. The predicted molar refractivity (Wildman–Crippen MR) is 265 cm³/mol. The first-order valence-electron chi connectivity index (χ1n) is 18.2. The second-order valence-corrected chi connectivity index (χ2v) is 21.2. The number of methoxy groups -OCH3 is 2. The smallest absolute Gasteiger partial charge is 0.369 e. The second-order valence-electron chi connectivity index (χ2n) is 13.1. The number of halogens is 11. The Morgan fingerprint density at radius 3 is 1.11 bits per heavy atom. The van der Waals surface area contributed by atoms with Crippen LogP contribution >= 0.6 is 93.7 Å². The van der Waals surface area contributed by atoms with Crippen LogP contribution in [0.1, 0.15) is 0 Å². The van der Waals surface area contributed by atoms with Gasteiger partial charge in [-0.3, -0.25) is 0 Å². The van der Waals surface area contributed by atoms with Crippen LogP contribution in [-0.4, -0.2) is 33.0 Å². The van der Waals surface area contributed by atoms with Crippen LogP contribution < -0.4 is 9.47 Å².